The van der Waals surface area contributed by atoms with Gasteiger partial charge in [0.25, 0.3) is 11.7 Å². The van der Waals surface area contributed by atoms with Gasteiger partial charge in [0.15, 0.2) is 11.6 Å². The van der Waals surface area contributed by atoms with Gasteiger partial charge in [-0.3, -0.25) is 19.2 Å². The maximum atomic E-state index is 14.4. The molecule has 1 amide bonds. The molecular weight excluding hydrogens is 835 g/mol. The van der Waals surface area contributed by atoms with E-state index in [2.05, 4.69) is 0 Å². The van der Waals surface area contributed by atoms with Gasteiger partial charge in [-0.25, -0.2) is 4.79 Å². The molecule has 3 fully saturated rings. The molecule has 3 N–H and O–H groups in total. The second-order valence-electron chi connectivity index (χ2n) is 19.6. The summed E-state index contributed by atoms with van der Waals surface area (Å²) in [7, 11) is 4.53. The number of aliphatic hydroxyl groups excluding tert-OH is 2. The third-order valence-corrected chi connectivity index (χ3v) is 14.5. The first kappa shape index (κ1) is 54.2. The molecule has 0 spiro atoms. The lowest BCUT2D eigenvalue weighted by atomic mass is 9.78. The standard InChI is InChI=1S/C51H79NO13/c1-30-16-12-11-13-17-31(2)42(61-8)28-38-21-19-36(7)51(60,65-38)48(57)49(58)52-23-15-14-18-39(52)50(59)64-43(33(4)26-37-20-22-40(53)44(27-37)62-9)29-41(54)32(3)25-35(6)46(56)47(63-10)45(55)34(5)24-30/h11-13,16-17,25,30,33-40,42-44,46-47,53,56,60H,14-15,18-24,26-29H2,1-10H3/t30-,33-,34?,35?,36-,37?,38+,39?,40-,42+,43+,44?,46-,47?,51?/m1/s1. The summed E-state index contributed by atoms with van der Waals surface area (Å²) in [5.74, 6) is -7.93. The largest absolute Gasteiger partial charge is 0.460 e. The number of Topliss-reactive ketones (excluding diaryl/α,β-unsaturated/α-hetero) is 3. The highest BCUT2D eigenvalue weighted by molar-refractivity contribution is 6.39. The normalized spacial score (nSPS) is 37.8. The first-order valence-electron chi connectivity index (χ1n) is 23.9. The minimum Gasteiger partial charge on any atom is -0.460 e. The van der Waals surface area contributed by atoms with Crippen LogP contribution in [0.4, 0.5) is 0 Å². The van der Waals surface area contributed by atoms with Crippen LogP contribution in [0, 0.1) is 35.5 Å². The molecule has 2 bridgehead atoms. The van der Waals surface area contributed by atoms with Gasteiger partial charge >= 0.3 is 5.97 Å². The van der Waals surface area contributed by atoms with Crippen LogP contribution in [-0.2, 0) is 47.7 Å². The number of piperidine rings is 1. The second-order valence-corrected chi connectivity index (χ2v) is 19.6. The van der Waals surface area contributed by atoms with Crippen molar-refractivity contribution in [1.82, 2.24) is 4.90 Å². The zero-order valence-electron chi connectivity index (χ0n) is 40.6. The zero-order valence-corrected chi connectivity index (χ0v) is 40.6. The summed E-state index contributed by atoms with van der Waals surface area (Å²) in [5, 5.41) is 33.9. The van der Waals surface area contributed by atoms with E-state index < -0.39 is 83.9 Å². The summed E-state index contributed by atoms with van der Waals surface area (Å²) < 4.78 is 29.4. The summed E-state index contributed by atoms with van der Waals surface area (Å²) in [6.45, 7) is 12.7. The molecule has 14 nitrogen and oxygen atoms in total. The van der Waals surface area contributed by atoms with E-state index in [-0.39, 0.29) is 54.8 Å². The quantitative estimate of drug-likeness (QED) is 0.202. The molecule has 2 saturated heterocycles. The number of rotatable bonds is 6. The van der Waals surface area contributed by atoms with Crippen molar-refractivity contribution < 1.29 is 63.0 Å². The summed E-state index contributed by atoms with van der Waals surface area (Å²) in [6, 6.07) is -1.14. The van der Waals surface area contributed by atoms with Crippen LogP contribution in [0.5, 0.6) is 0 Å². The Morgan fingerprint density at radius 3 is 2.26 bits per heavy atom. The molecule has 0 radical (unpaired) electrons. The summed E-state index contributed by atoms with van der Waals surface area (Å²) >= 11 is 0. The topological polar surface area (TPSA) is 195 Å². The van der Waals surface area contributed by atoms with Crippen LogP contribution in [-0.4, -0.2) is 132 Å². The minimum atomic E-state index is -2.43. The SMILES string of the molecule is COC1C(=O)C(C)C[C@H](C)C=CC=CC=C(C)[C@@H](OC)C[C@@H]2CC[C@@H](C)C(O)(O2)C(=O)C(=O)N2CCCCC2C(=O)O[C@H]([C@H](C)CC2CC[C@@H](O)C(OC)C2)CC(=O)C(C)=CC(C)[C@H]1O. The number of esters is 1. The highest BCUT2D eigenvalue weighted by Crippen LogP contribution is 2.38. The van der Waals surface area contributed by atoms with Crippen LogP contribution < -0.4 is 0 Å². The predicted octanol–water partition coefficient (Wildman–Crippen LogP) is 6.18. The Balaban J connectivity index is 1.70. The fourth-order valence-corrected chi connectivity index (χ4v) is 10.1. The summed E-state index contributed by atoms with van der Waals surface area (Å²) in [5.41, 5.74) is 1.19. The van der Waals surface area contributed by atoms with Crippen LogP contribution >= 0.6 is 0 Å². The van der Waals surface area contributed by atoms with Crippen LogP contribution in [0.3, 0.4) is 0 Å². The number of cyclic esters (lactones) is 1. The first-order valence-corrected chi connectivity index (χ1v) is 23.9. The summed E-state index contributed by atoms with van der Waals surface area (Å²) in [6.07, 6.45) is 11.2. The molecule has 1 saturated carbocycles. The molecule has 0 aromatic rings. The van der Waals surface area contributed by atoms with E-state index in [4.69, 9.17) is 23.7 Å². The van der Waals surface area contributed by atoms with Crippen LogP contribution in [0.2, 0.25) is 0 Å². The molecule has 366 valence electrons. The van der Waals surface area contributed by atoms with Crippen molar-refractivity contribution in [2.45, 2.75) is 180 Å². The molecule has 3 aliphatic heterocycles. The smallest absolute Gasteiger partial charge is 0.329 e. The Bertz CT molecular complexity index is 1760. The number of amides is 1. The molecule has 3 heterocycles. The van der Waals surface area contributed by atoms with Gasteiger partial charge < -0.3 is 43.9 Å². The van der Waals surface area contributed by atoms with Crippen LogP contribution in [0.15, 0.2) is 47.6 Å². The maximum absolute atomic E-state index is 14.4. The van der Waals surface area contributed by atoms with Crippen molar-refractivity contribution >= 4 is 29.2 Å². The van der Waals surface area contributed by atoms with Gasteiger partial charge in [-0.15, -0.1) is 0 Å². The van der Waals surface area contributed by atoms with Crippen molar-refractivity contribution in [2.24, 2.45) is 35.5 Å². The van der Waals surface area contributed by atoms with Crippen molar-refractivity contribution in [1.29, 1.82) is 0 Å². The van der Waals surface area contributed by atoms with E-state index in [0.29, 0.717) is 63.4 Å². The highest BCUT2D eigenvalue weighted by atomic mass is 16.6. The third-order valence-electron chi connectivity index (χ3n) is 14.5. The van der Waals surface area contributed by atoms with Crippen molar-refractivity contribution in [2.75, 3.05) is 27.9 Å². The van der Waals surface area contributed by atoms with E-state index in [0.717, 1.165) is 12.0 Å². The number of ether oxygens (including phenoxy) is 5. The number of fused-ring (bicyclic) bond motifs is 3. The van der Waals surface area contributed by atoms with Gasteiger partial charge in [0.2, 0.25) is 5.79 Å². The van der Waals surface area contributed by atoms with Crippen LogP contribution in [0.25, 0.3) is 0 Å². The zero-order chi connectivity index (χ0) is 48.2. The van der Waals surface area contributed by atoms with E-state index in [9.17, 15) is 39.3 Å². The number of hydrogen-bond donors (Lipinski definition) is 3. The van der Waals surface area contributed by atoms with Crippen molar-refractivity contribution in [3.05, 3.63) is 47.6 Å². The van der Waals surface area contributed by atoms with E-state index in [1.54, 1.807) is 41.1 Å². The second kappa shape index (κ2) is 25.1. The minimum absolute atomic E-state index is 0.0220. The molecule has 4 aliphatic rings. The number of aliphatic hydroxyl groups is 3. The number of methoxy groups -OCH3 is 3. The molecule has 15 atom stereocenters. The number of allylic oxidation sites excluding steroid dienone is 6. The number of carbonyl (C=O) groups excluding carboxylic acids is 5. The lowest BCUT2D eigenvalue weighted by molar-refractivity contribution is -0.265. The predicted molar refractivity (Wildman–Crippen MR) is 245 cm³/mol. The van der Waals surface area contributed by atoms with Gasteiger partial charge in [-0.05, 0) is 107 Å². The average Bonchev–Trinajstić information content (AvgIpc) is 3.28. The Morgan fingerprint density at radius 1 is 0.862 bits per heavy atom. The van der Waals surface area contributed by atoms with Gasteiger partial charge in [0, 0.05) is 58.5 Å². The van der Waals surface area contributed by atoms with Gasteiger partial charge in [-0.2, -0.15) is 0 Å². The Labute approximate surface area is 387 Å². The molecule has 7 unspecified atom stereocenters. The van der Waals surface area contributed by atoms with E-state index >= 15 is 0 Å². The molecule has 1 aliphatic carbocycles. The monoisotopic (exact) mass is 914 g/mol. The number of ketones is 3. The average molecular weight is 914 g/mol. The van der Waals surface area contributed by atoms with E-state index in [1.165, 1.54) is 12.0 Å². The molecule has 4 rings (SSSR count). The molecule has 65 heavy (non-hydrogen) atoms. The number of hydrogen-bond acceptors (Lipinski definition) is 13. The van der Waals surface area contributed by atoms with Gasteiger partial charge in [0.1, 0.15) is 18.2 Å². The van der Waals surface area contributed by atoms with Gasteiger partial charge in [0.05, 0.1) is 30.5 Å². The lowest BCUT2D eigenvalue weighted by Crippen LogP contribution is -2.61. The number of carbonyl (C=O) groups is 5. The Hall–Kier alpha value is -3.37. The molecule has 14 heteroatoms. The molecular formula is C51H79NO13. The van der Waals surface area contributed by atoms with Gasteiger partial charge in [-0.1, -0.05) is 71.1 Å². The lowest BCUT2D eigenvalue weighted by Gasteiger charge is -2.42. The highest BCUT2D eigenvalue weighted by Gasteiger charge is 2.53. The fourth-order valence-electron chi connectivity index (χ4n) is 10.1. The third kappa shape index (κ3) is 14.3. The summed E-state index contributed by atoms with van der Waals surface area (Å²) in [4.78, 5) is 71.7. The van der Waals surface area contributed by atoms with Crippen molar-refractivity contribution in [3.8, 4) is 0 Å². The molecule has 0 aromatic heterocycles. The maximum Gasteiger partial charge on any atom is 0.329 e. The Kier molecular flexibility index (Phi) is 21.0. The first-order chi connectivity index (χ1) is 30.7. The number of nitrogens with zero attached hydrogens (tertiary/aromatic N) is 1. The van der Waals surface area contributed by atoms with Crippen molar-refractivity contribution in [3.63, 3.8) is 0 Å². The van der Waals surface area contributed by atoms with Crippen LogP contribution in [0.1, 0.15) is 126 Å². The van der Waals surface area contributed by atoms with E-state index in [1.807, 2.05) is 58.1 Å². The fraction of sp³-hybridized carbons (Fsp3) is 0.745. The Morgan fingerprint density at radius 2 is 1.58 bits per heavy atom. The molecule has 0 aromatic carbocycles.